The summed E-state index contributed by atoms with van der Waals surface area (Å²) in [6.45, 7) is 6.48. The predicted octanol–water partition coefficient (Wildman–Crippen LogP) is 1.60. The molecule has 0 fully saturated rings. The van der Waals surface area contributed by atoms with Crippen molar-refractivity contribution in [1.29, 1.82) is 0 Å². The highest BCUT2D eigenvalue weighted by molar-refractivity contribution is 5.74. The average Bonchev–Trinajstić information content (AvgIpc) is 2.25. The Labute approximate surface area is 108 Å². The summed E-state index contributed by atoms with van der Waals surface area (Å²) in [7, 11) is 0. The third kappa shape index (κ3) is 4.75. The second kappa shape index (κ2) is 5.87. The normalized spacial score (nSPS) is 13.1. The number of carbonyl (C=O) groups is 1. The Morgan fingerprint density at radius 3 is 2.33 bits per heavy atom. The zero-order valence-electron chi connectivity index (χ0n) is 11.1. The van der Waals surface area contributed by atoms with Crippen molar-refractivity contribution in [2.75, 3.05) is 6.61 Å². The summed E-state index contributed by atoms with van der Waals surface area (Å²) in [6, 6.07) is 7.71. The van der Waals surface area contributed by atoms with Gasteiger partial charge >= 0.3 is 0 Å². The van der Waals surface area contributed by atoms with E-state index in [0.29, 0.717) is 5.75 Å². The zero-order valence-corrected chi connectivity index (χ0v) is 11.1. The molecule has 0 aromatic heterocycles. The molecule has 0 unspecified atom stereocenters. The Morgan fingerprint density at radius 2 is 1.89 bits per heavy atom. The van der Waals surface area contributed by atoms with Crippen LogP contribution in [0.3, 0.4) is 0 Å². The smallest absolute Gasteiger partial charge is 0.220 e. The first-order valence-corrected chi connectivity index (χ1v) is 5.99. The molecule has 100 valence electrons. The van der Waals surface area contributed by atoms with Crippen molar-refractivity contribution in [1.82, 2.24) is 0 Å². The summed E-state index contributed by atoms with van der Waals surface area (Å²) in [6.07, 6.45) is -0.940. The van der Waals surface area contributed by atoms with E-state index < -0.39 is 12.0 Å². The molecule has 0 radical (unpaired) electrons. The Balaban J connectivity index is 2.52. The van der Waals surface area contributed by atoms with Crippen LogP contribution in [-0.2, 0) is 10.2 Å². The topological polar surface area (TPSA) is 72.6 Å². The van der Waals surface area contributed by atoms with E-state index in [2.05, 4.69) is 20.8 Å². The van der Waals surface area contributed by atoms with E-state index >= 15 is 0 Å². The van der Waals surface area contributed by atoms with Gasteiger partial charge in [0.1, 0.15) is 12.4 Å². The van der Waals surface area contributed by atoms with Gasteiger partial charge in [-0.3, -0.25) is 4.79 Å². The van der Waals surface area contributed by atoms with Crippen LogP contribution in [0.1, 0.15) is 32.8 Å². The summed E-state index contributed by atoms with van der Waals surface area (Å²) in [5.41, 5.74) is 6.29. The molecule has 3 N–H and O–H groups in total. The lowest BCUT2D eigenvalue weighted by Gasteiger charge is -2.19. The number of nitrogens with two attached hydrogens (primary N) is 1. The van der Waals surface area contributed by atoms with Crippen LogP contribution in [-0.4, -0.2) is 23.7 Å². The monoisotopic (exact) mass is 251 g/mol. The molecule has 0 aliphatic rings. The quantitative estimate of drug-likeness (QED) is 0.835. The molecule has 0 spiro atoms. The number of hydrogen-bond donors (Lipinski definition) is 2. The molecule has 4 nitrogen and oxygen atoms in total. The van der Waals surface area contributed by atoms with Gasteiger partial charge < -0.3 is 15.6 Å². The minimum absolute atomic E-state index is 0.0673. The molecule has 0 aliphatic heterocycles. The molecule has 1 aromatic carbocycles. The van der Waals surface area contributed by atoms with Crippen LogP contribution in [0.15, 0.2) is 24.3 Å². The molecule has 0 aliphatic carbocycles. The van der Waals surface area contributed by atoms with Crippen molar-refractivity contribution in [2.24, 2.45) is 5.73 Å². The number of rotatable bonds is 5. The van der Waals surface area contributed by atoms with Gasteiger partial charge in [-0.2, -0.15) is 0 Å². The number of ether oxygens (including phenoxy) is 1. The lowest BCUT2D eigenvalue weighted by molar-refractivity contribution is -0.120. The fourth-order valence-corrected chi connectivity index (χ4v) is 1.53. The molecule has 1 amide bonds. The Kier molecular flexibility index (Phi) is 4.73. The fourth-order valence-electron chi connectivity index (χ4n) is 1.53. The molecule has 0 bridgehead atoms. The molecule has 1 atom stereocenters. The molecular formula is C14H21NO3. The van der Waals surface area contributed by atoms with Crippen LogP contribution in [0.4, 0.5) is 0 Å². The number of primary amides is 1. The summed E-state index contributed by atoms with van der Waals surface area (Å²) >= 11 is 0. The van der Waals surface area contributed by atoms with E-state index in [1.807, 2.05) is 24.3 Å². The summed E-state index contributed by atoms with van der Waals surface area (Å²) < 4.78 is 5.38. The van der Waals surface area contributed by atoms with Gasteiger partial charge in [0.2, 0.25) is 5.91 Å². The first kappa shape index (κ1) is 14.5. The minimum Gasteiger partial charge on any atom is -0.491 e. The second-order valence-electron chi connectivity index (χ2n) is 5.41. The number of aliphatic hydroxyl groups excluding tert-OH is 1. The molecular weight excluding hydrogens is 230 g/mol. The molecule has 18 heavy (non-hydrogen) atoms. The van der Waals surface area contributed by atoms with Crippen LogP contribution in [0.25, 0.3) is 0 Å². The Morgan fingerprint density at radius 1 is 1.33 bits per heavy atom. The van der Waals surface area contributed by atoms with Gasteiger partial charge in [0.05, 0.1) is 12.5 Å². The second-order valence-corrected chi connectivity index (χ2v) is 5.41. The minimum atomic E-state index is -0.857. The van der Waals surface area contributed by atoms with Gasteiger partial charge in [-0.15, -0.1) is 0 Å². The standard InChI is InChI=1S/C14H21NO3/c1-14(2,3)10-4-6-12(7-5-10)18-9-11(16)8-13(15)17/h4-7,11,16H,8-9H2,1-3H3,(H2,15,17)/t11-/m1/s1. The fraction of sp³-hybridized carbons (Fsp3) is 0.500. The van der Waals surface area contributed by atoms with Crippen LogP contribution in [0.2, 0.25) is 0 Å². The molecule has 0 heterocycles. The Bertz CT molecular complexity index is 392. The van der Waals surface area contributed by atoms with Crippen molar-refractivity contribution < 1.29 is 14.6 Å². The molecule has 1 aromatic rings. The SMILES string of the molecule is CC(C)(C)c1ccc(OC[C@H](O)CC(N)=O)cc1. The molecule has 1 rings (SSSR count). The average molecular weight is 251 g/mol. The third-order valence-corrected chi connectivity index (χ3v) is 2.60. The van der Waals surface area contributed by atoms with Crippen molar-refractivity contribution >= 4 is 5.91 Å². The number of aliphatic hydroxyl groups is 1. The summed E-state index contributed by atoms with van der Waals surface area (Å²) in [5, 5.41) is 9.44. The van der Waals surface area contributed by atoms with E-state index in [0.717, 1.165) is 0 Å². The molecule has 0 saturated carbocycles. The van der Waals surface area contributed by atoms with E-state index in [-0.39, 0.29) is 18.4 Å². The number of carbonyl (C=O) groups excluding carboxylic acids is 1. The molecule has 4 heteroatoms. The highest BCUT2D eigenvalue weighted by atomic mass is 16.5. The van der Waals surface area contributed by atoms with E-state index in [4.69, 9.17) is 10.5 Å². The maximum Gasteiger partial charge on any atom is 0.220 e. The maximum absolute atomic E-state index is 10.6. The summed E-state index contributed by atoms with van der Waals surface area (Å²) in [5.74, 6) is 0.140. The lowest BCUT2D eigenvalue weighted by atomic mass is 9.87. The van der Waals surface area contributed by atoms with Gasteiger partial charge in [0, 0.05) is 0 Å². The number of amides is 1. The lowest BCUT2D eigenvalue weighted by Crippen LogP contribution is -2.25. The first-order valence-electron chi connectivity index (χ1n) is 5.99. The highest BCUT2D eigenvalue weighted by Crippen LogP contribution is 2.24. The van der Waals surface area contributed by atoms with Crippen LogP contribution < -0.4 is 10.5 Å². The zero-order chi connectivity index (χ0) is 13.8. The maximum atomic E-state index is 10.6. The van der Waals surface area contributed by atoms with E-state index in [1.54, 1.807) is 0 Å². The van der Waals surface area contributed by atoms with Gasteiger partial charge in [-0.25, -0.2) is 0 Å². The van der Waals surface area contributed by atoms with Crippen LogP contribution in [0.5, 0.6) is 5.75 Å². The highest BCUT2D eigenvalue weighted by Gasteiger charge is 2.13. The van der Waals surface area contributed by atoms with Crippen LogP contribution >= 0.6 is 0 Å². The van der Waals surface area contributed by atoms with Crippen molar-refractivity contribution in [3.63, 3.8) is 0 Å². The van der Waals surface area contributed by atoms with Gasteiger partial charge in [-0.05, 0) is 23.1 Å². The van der Waals surface area contributed by atoms with Gasteiger partial charge in [0.15, 0.2) is 0 Å². The van der Waals surface area contributed by atoms with E-state index in [9.17, 15) is 9.90 Å². The van der Waals surface area contributed by atoms with Crippen molar-refractivity contribution in [3.8, 4) is 5.75 Å². The van der Waals surface area contributed by atoms with E-state index in [1.165, 1.54) is 5.56 Å². The van der Waals surface area contributed by atoms with Crippen molar-refractivity contribution in [2.45, 2.75) is 38.7 Å². The van der Waals surface area contributed by atoms with Crippen molar-refractivity contribution in [3.05, 3.63) is 29.8 Å². The largest absolute Gasteiger partial charge is 0.491 e. The predicted molar refractivity (Wildman–Crippen MR) is 70.5 cm³/mol. The molecule has 0 saturated heterocycles. The summed E-state index contributed by atoms with van der Waals surface area (Å²) in [4.78, 5) is 10.6. The van der Waals surface area contributed by atoms with Gasteiger partial charge in [0.25, 0.3) is 0 Å². The third-order valence-electron chi connectivity index (χ3n) is 2.60. The Hall–Kier alpha value is -1.55. The van der Waals surface area contributed by atoms with Gasteiger partial charge in [-0.1, -0.05) is 32.9 Å². The number of hydrogen-bond acceptors (Lipinski definition) is 3. The van der Waals surface area contributed by atoms with Crippen LogP contribution in [0, 0.1) is 0 Å². The first-order chi connectivity index (χ1) is 8.29. The number of benzene rings is 1.